The van der Waals surface area contributed by atoms with E-state index < -0.39 is 0 Å². The van der Waals surface area contributed by atoms with Gasteiger partial charge in [-0.05, 0) is 37.1 Å². The fourth-order valence-corrected chi connectivity index (χ4v) is 2.53. The van der Waals surface area contributed by atoms with Crippen molar-refractivity contribution in [1.82, 2.24) is 4.90 Å². The van der Waals surface area contributed by atoms with Gasteiger partial charge in [0.25, 0.3) is 0 Å². The number of carbonyl (C=O) groups is 2. The summed E-state index contributed by atoms with van der Waals surface area (Å²) < 4.78 is 5.56. The molecule has 2 aromatic carbocycles. The average molecular weight is 354 g/mol. The van der Waals surface area contributed by atoms with E-state index in [9.17, 15) is 9.59 Å². The third-order valence-corrected chi connectivity index (χ3v) is 4.08. The number of nitrogens with zero attached hydrogens (tertiary/aromatic N) is 1. The second kappa shape index (κ2) is 9.61. The molecule has 0 aliphatic rings. The van der Waals surface area contributed by atoms with Crippen LogP contribution in [0.4, 0.5) is 5.69 Å². The van der Waals surface area contributed by atoms with Crippen molar-refractivity contribution < 1.29 is 14.3 Å². The molecule has 0 bridgehead atoms. The molecule has 0 spiro atoms. The van der Waals surface area contributed by atoms with Gasteiger partial charge in [-0.15, -0.1) is 0 Å². The number of hydrogen-bond acceptors (Lipinski definition) is 3. The van der Waals surface area contributed by atoms with Crippen LogP contribution in [0.5, 0.6) is 5.75 Å². The Kier molecular flexibility index (Phi) is 7.21. The van der Waals surface area contributed by atoms with E-state index in [1.165, 1.54) is 4.90 Å². The zero-order valence-electron chi connectivity index (χ0n) is 15.6. The summed E-state index contributed by atoms with van der Waals surface area (Å²) in [6.45, 7) is 4.34. The summed E-state index contributed by atoms with van der Waals surface area (Å²) >= 11 is 0. The van der Waals surface area contributed by atoms with Gasteiger partial charge in [0.1, 0.15) is 5.75 Å². The Labute approximate surface area is 155 Å². The lowest BCUT2D eigenvalue weighted by Crippen LogP contribution is -2.35. The highest BCUT2D eigenvalue weighted by molar-refractivity contribution is 5.95. The van der Waals surface area contributed by atoms with Crippen molar-refractivity contribution in [3.63, 3.8) is 0 Å². The number of aryl methyl sites for hydroxylation is 2. The third-order valence-electron chi connectivity index (χ3n) is 4.08. The molecule has 0 saturated carbocycles. The van der Waals surface area contributed by atoms with E-state index in [2.05, 4.69) is 5.32 Å². The maximum Gasteiger partial charge on any atom is 0.243 e. The van der Waals surface area contributed by atoms with E-state index in [1.54, 1.807) is 7.05 Å². The zero-order valence-corrected chi connectivity index (χ0v) is 15.6. The quantitative estimate of drug-likeness (QED) is 0.790. The molecule has 2 amide bonds. The van der Waals surface area contributed by atoms with Crippen LogP contribution < -0.4 is 10.1 Å². The van der Waals surface area contributed by atoms with Crippen molar-refractivity contribution in [2.45, 2.75) is 26.7 Å². The predicted octanol–water partition coefficient (Wildman–Crippen LogP) is 3.42. The number of para-hydroxylation sites is 1. The first kappa shape index (κ1) is 19.5. The van der Waals surface area contributed by atoms with Gasteiger partial charge in [-0.1, -0.05) is 42.8 Å². The molecule has 138 valence electrons. The average Bonchev–Trinajstić information content (AvgIpc) is 2.63. The number of carbonyl (C=O) groups excluding carboxylic acids is 2. The molecule has 0 aliphatic heterocycles. The molecular weight excluding hydrogens is 328 g/mol. The smallest absolute Gasteiger partial charge is 0.243 e. The number of anilines is 1. The molecule has 2 aromatic rings. The van der Waals surface area contributed by atoms with Gasteiger partial charge in [-0.3, -0.25) is 9.59 Å². The SMILES string of the molecule is CCc1ccccc1NC(=O)CN(C)C(=O)CCOc1ccc(C)cc1. The molecule has 1 N–H and O–H groups in total. The molecule has 26 heavy (non-hydrogen) atoms. The van der Waals surface area contributed by atoms with Gasteiger partial charge in [0.2, 0.25) is 11.8 Å². The molecule has 0 atom stereocenters. The van der Waals surface area contributed by atoms with Crippen molar-refractivity contribution in [3.8, 4) is 5.75 Å². The van der Waals surface area contributed by atoms with Gasteiger partial charge in [-0.2, -0.15) is 0 Å². The second-order valence-corrected chi connectivity index (χ2v) is 6.22. The lowest BCUT2D eigenvalue weighted by molar-refractivity contribution is -0.133. The summed E-state index contributed by atoms with van der Waals surface area (Å²) in [6.07, 6.45) is 1.06. The molecule has 5 heteroatoms. The first-order valence-electron chi connectivity index (χ1n) is 8.80. The van der Waals surface area contributed by atoms with Crippen molar-refractivity contribution in [2.24, 2.45) is 0 Å². The van der Waals surface area contributed by atoms with Gasteiger partial charge in [0, 0.05) is 12.7 Å². The van der Waals surface area contributed by atoms with Gasteiger partial charge in [0.05, 0.1) is 19.6 Å². The first-order valence-corrected chi connectivity index (χ1v) is 8.80. The predicted molar refractivity (Wildman–Crippen MR) is 103 cm³/mol. The number of amides is 2. The molecule has 2 rings (SSSR count). The largest absolute Gasteiger partial charge is 0.493 e. The van der Waals surface area contributed by atoms with E-state index in [1.807, 2.05) is 62.4 Å². The zero-order chi connectivity index (χ0) is 18.9. The molecule has 0 aliphatic carbocycles. The maximum atomic E-state index is 12.2. The van der Waals surface area contributed by atoms with Crippen LogP contribution in [0.1, 0.15) is 24.5 Å². The molecule has 0 aromatic heterocycles. The standard InChI is InChI=1S/C21H26N2O3/c1-4-17-7-5-6-8-19(17)22-20(24)15-23(3)21(25)13-14-26-18-11-9-16(2)10-12-18/h5-12H,4,13-15H2,1-3H3,(H,22,24). The molecule has 0 saturated heterocycles. The number of rotatable bonds is 8. The van der Waals surface area contributed by atoms with Gasteiger partial charge < -0.3 is 15.0 Å². The van der Waals surface area contributed by atoms with Crippen LogP contribution in [0, 0.1) is 6.92 Å². The van der Waals surface area contributed by atoms with Crippen LogP contribution in [-0.4, -0.2) is 36.9 Å². The Morgan fingerprint density at radius 3 is 2.46 bits per heavy atom. The number of ether oxygens (including phenoxy) is 1. The Balaban J connectivity index is 1.77. The minimum Gasteiger partial charge on any atom is -0.493 e. The third kappa shape index (κ3) is 5.92. The Hall–Kier alpha value is -2.82. The van der Waals surface area contributed by atoms with Crippen molar-refractivity contribution >= 4 is 17.5 Å². The summed E-state index contributed by atoms with van der Waals surface area (Å²) in [5, 5.41) is 2.87. The minimum absolute atomic E-state index is 0.0153. The van der Waals surface area contributed by atoms with Gasteiger partial charge in [-0.25, -0.2) is 0 Å². The number of nitrogens with one attached hydrogen (secondary N) is 1. The van der Waals surface area contributed by atoms with E-state index in [0.717, 1.165) is 29.0 Å². The molecular formula is C21H26N2O3. The van der Waals surface area contributed by atoms with Crippen LogP contribution in [-0.2, 0) is 16.0 Å². The summed E-state index contributed by atoms with van der Waals surface area (Å²) in [5.74, 6) is 0.400. The lowest BCUT2D eigenvalue weighted by atomic mass is 10.1. The maximum absolute atomic E-state index is 12.2. The van der Waals surface area contributed by atoms with E-state index in [0.29, 0.717) is 0 Å². The molecule has 0 unspecified atom stereocenters. The van der Waals surface area contributed by atoms with Gasteiger partial charge in [0.15, 0.2) is 0 Å². The lowest BCUT2D eigenvalue weighted by Gasteiger charge is -2.18. The van der Waals surface area contributed by atoms with Crippen LogP contribution in [0.2, 0.25) is 0 Å². The minimum atomic E-state index is -0.207. The van der Waals surface area contributed by atoms with Crippen molar-refractivity contribution in [1.29, 1.82) is 0 Å². The van der Waals surface area contributed by atoms with Crippen LogP contribution >= 0.6 is 0 Å². The highest BCUT2D eigenvalue weighted by Gasteiger charge is 2.14. The Morgan fingerprint density at radius 2 is 1.77 bits per heavy atom. The monoisotopic (exact) mass is 354 g/mol. The van der Waals surface area contributed by atoms with Crippen LogP contribution in [0.15, 0.2) is 48.5 Å². The summed E-state index contributed by atoms with van der Waals surface area (Å²) in [5.41, 5.74) is 3.02. The highest BCUT2D eigenvalue weighted by Crippen LogP contribution is 2.15. The van der Waals surface area contributed by atoms with Crippen LogP contribution in [0.3, 0.4) is 0 Å². The molecule has 0 heterocycles. The molecule has 0 fully saturated rings. The summed E-state index contributed by atoms with van der Waals surface area (Å²) in [6, 6.07) is 15.3. The topological polar surface area (TPSA) is 58.6 Å². The second-order valence-electron chi connectivity index (χ2n) is 6.22. The highest BCUT2D eigenvalue weighted by atomic mass is 16.5. The normalized spacial score (nSPS) is 10.3. The number of likely N-dealkylation sites (N-methyl/N-ethyl adjacent to an activating group) is 1. The molecule has 5 nitrogen and oxygen atoms in total. The van der Waals surface area contributed by atoms with E-state index in [-0.39, 0.29) is 31.4 Å². The van der Waals surface area contributed by atoms with Gasteiger partial charge >= 0.3 is 0 Å². The number of hydrogen-bond donors (Lipinski definition) is 1. The summed E-state index contributed by atoms with van der Waals surface area (Å²) in [4.78, 5) is 25.8. The summed E-state index contributed by atoms with van der Waals surface area (Å²) in [7, 11) is 1.62. The van der Waals surface area contributed by atoms with Crippen molar-refractivity contribution in [3.05, 3.63) is 59.7 Å². The fraction of sp³-hybridized carbons (Fsp3) is 0.333. The van der Waals surface area contributed by atoms with Crippen LogP contribution in [0.25, 0.3) is 0 Å². The Morgan fingerprint density at radius 1 is 1.08 bits per heavy atom. The Bertz CT molecular complexity index is 741. The van der Waals surface area contributed by atoms with E-state index >= 15 is 0 Å². The van der Waals surface area contributed by atoms with E-state index in [4.69, 9.17) is 4.74 Å². The number of benzene rings is 2. The molecule has 0 radical (unpaired) electrons. The van der Waals surface area contributed by atoms with Crippen molar-refractivity contribution in [2.75, 3.05) is 25.5 Å². The fourth-order valence-electron chi connectivity index (χ4n) is 2.53. The first-order chi connectivity index (χ1) is 12.5.